The summed E-state index contributed by atoms with van der Waals surface area (Å²) in [6.45, 7) is 0. The summed E-state index contributed by atoms with van der Waals surface area (Å²) in [5.74, 6) is 0.255. The summed E-state index contributed by atoms with van der Waals surface area (Å²) in [6.07, 6.45) is 0. The van der Waals surface area contributed by atoms with Crippen LogP contribution in [0.5, 0.6) is 5.75 Å². The number of hydrogen-bond acceptors (Lipinski definition) is 2. The minimum Gasteiger partial charge on any atom is -0.508 e. The number of benzene rings is 4. The molecular formula is C25H21NO. The van der Waals surface area contributed by atoms with Gasteiger partial charge in [-0.2, -0.15) is 0 Å². The van der Waals surface area contributed by atoms with Crippen LogP contribution in [-0.2, 0) is 5.54 Å². The molecule has 0 aliphatic carbocycles. The lowest BCUT2D eigenvalue weighted by Gasteiger charge is -2.38. The van der Waals surface area contributed by atoms with Gasteiger partial charge >= 0.3 is 0 Å². The molecule has 0 saturated heterocycles. The number of phenols is 1. The number of anilines is 1. The first-order valence-electron chi connectivity index (χ1n) is 9.03. The Bertz CT molecular complexity index is 884. The normalized spacial score (nSPS) is 11.1. The maximum Gasteiger partial charge on any atom is 0.115 e. The number of phenolic OH excluding ortho intramolecular Hbond substituents is 1. The largest absolute Gasteiger partial charge is 0.508 e. The molecule has 0 saturated carbocycles. The van der Waals surface area contributed by atoms with Crippen LogP contribution in [0.15, 0.2) is 115 Å². The molecule has 0 unspecified atom stereocenters. The molecule has 0 aliphatic heterocycles. The lowest BCUT2D eigenvalue weighted by Crippen LogP contribution is -2.38. The molecule has 132 valence electrons. The van der Waals surface area contributed by atoms with Gasteiger partial charge in [-0.05, 0) is 41.0 Å². The van der Waals surface area contributed by atoms with E-state index in [1.165, 1.54) is 0 Å². The Balaban J connectivity index is 1.98. The highest BCUT2D eigenvalue weighted by Gasteiger charge is 2.36. The minimum absolute atomic E-state index is 0.255. The Morgan fingerprint density at radius 3 is 1.22 bits per heavy atom. The van der Waals surface area contributed by atoms with Crippen LogP contribution < -0.4 is 5.32 Å². The van der Waals surface area contributed by atoms with Crippen molar-refractivity contribution < 1.29 is 5.11 Å². The Morgan fingerprint density at radius 2 is 0.852 bits per heavy atom. The van der Waals surface area contributed by atoms with Crippen molar-refractivity contribution >= 4 is 5.69 Å². The first-order chi connectivity index (χ1) is 13.3. The fourth-order valence-corrected chi connectivity index (χ4v) is 3.54. The van der Waals surface area contributed by atoms with Crippen LogP contribution in [0, 0.1) is 0 Å². The molecule has 0 aromatic heterocycles. The summed E-state index contributed by atoms with van der Waals surface area (Å²) >= 11 is 0. The number of nitrogens with one attached hydrogen (secondary N) is 1. The first kappa shape index (κ1) is 16.9. The van der Waals surface area contributed by atoms with Crippen molar-refractivity contribution in [2.24, 2.45) is 0 Å². The van der Waals surface area contributed by atoms with E-state index in [2.05, 4.69) is 78.1 Å². The molecule has 27 heavy (non-hydrogen) atoms. The van der Waals surface area contributed by atoms with Crippen molar-refractivity contribution in [2.75, 3.05) is 5.32 Å². The van der Waals surface area contributed by atoms with Crippen LogP contribution in [0.4, 0.5) is 5.69 Å². The van der Waals surface area contributed by atoms with Crippen LogP contribution in [-0.4, -0.2) is 5.11 Å². The standard InChI is InChI=1S/C25H21NO/c27-24-18-16-23(17-19-24)26-25(20-10-4-1-5-11-20,21-12-6-2-7-13-21)22-14-8-3-9-15-22/h1-19,26-27H. The predicted octanol–water partition coefficient (Wildman–Crippen LogP) is 5.80. The third-order valence-corrected chi connectivity index (χ3v) is 4.82. The van der Waals surface area contributed by atoms with Gasteiger partial charge in [-0.15, -0.1) is 0 Å². The van der Waals surface area contributed by atoms with Crippen LogP contribution >= 0.6 is 0 Å². The van der Waals surface area contributed by atoms with Crippen LogP contribution in [0.25, 0.3) is 0 Å². The van der Waals surface area contributed by atoms with Crippen LogP contribution in [0.1, 0.15) is 16.7 Å². The molecule has 0 bridgehead atoms. The Morgan fingerprint density at radius 1 is 0.481 bits per heavy atom. The Kier molecular flexibility index (Phi) is 4.63. The van der Waals surface area contributed by atoms with E-state index in [0.717, 1.165) is 22.4 Å². The van der Waals surface area contributed by atoms with Crippen molar-refractivity contribution in [1.82, 2.24) is 0 Å². The molecule has 2 N–H and O–H groups in total. The second-order valence-corrected chi connectivity index (χ2v) is 6.52. The zero-order valence-electron chi connectivity index (χ0n) is 14.9. The molecule has 4 rings (SSSR count). The van der Waals surface area contributed by atoms with Gasteiger partial charge in [-0.3, -0.25) is 0 Å². The molecule has 4 aromatic rings. The van der Waals surface area contributed by atoms with E-state index in [1.807, 2.05) is 30.3 Å². The molecule has 0 aliphatic rings. The zero-order valence-corrected chi connectivity index (χ0v) is 14.9. The van der Waals surface area contributed by atoms with Crippen molar-refractivity contribution in [3.05, 3.63) is 132 Å². The van der Waals surface area contributed by atoms with Gasteiger partial charge < -0.3 is 10.4 Å². The SMILES string of the molecule is Oc1ccc(NC(c2ccccc2)(c2ccccc2)c2ccccc2)cc1. The van der Waals surface area contributed by atoms with Crippen molar-refractivity contribution in [3.8, 4) is 5.75 Å². The van der Waals surface area contributed by atoms with Gasteiger partial charge in [0.1, 0.15) is 11.3 Å². The zero-order chi connectivity index (χ0) is 18.5. The van der Waals surface area contributed by atoms with E-state index in [1.54, 1.807) is 12.1 Å². The van der Waals surface area contributed by atoms with Crippen LogP contribution in [0.2, 0.25) is 0 Å². The third kappa shape index (κ3) is 3.30. The summed E-state index contributed by atoms with van der Waals surface area (Å²) in [4.78, 5) is 0. The van der Waals surface area contributed by atoms with Gasteiger partial charge in [-0.25, -0.2) is 0 Å². The average Bonchev–Trinajstić information content (AvgIpc) is 2.75. The number of hydrogen-bond donors (Lipinski definition) is 2. The van der Waals surface area contributed by atoms with E-state index in [-0.39, 0.29) is 5.75 Å². The second-order valence-electron chi connectivity index (χ2n) is 6.52. The quantitative estimate of drug-likeness (QED) is 0.352. The highest BCUT2D eigenvalue weighted by atomic mass is 16.3. The lowest BCUT2D eigenvalue weighted by molar-refractivity contribution is 0.475. The minimum atomic E-state index is -0.555. The summed E-state index contributed by atoms with van der Waals surface area (Å²) in [5, 5.41) is 13.4. The summed E-state index contributed by atoms with van der Waals surface area (Å²) in [6, 6.07) is 38.6. The van der Waals surface area contributed by atoms with E-state index in [0.29, 0.717) is 0 Å². The summed E-state index contributed by atoms with van der Waals surface area (Å²) in [5.41, 5.74) is 3.83. The molecule has 0 amide bonds. The third-order valence-electron chi connectivity index (χ3n) is 4.82. The highest BCUT2D eigenvalue weighted by Crippen LogP contribution is 2.40. The van der Waals surface area contributed by atoms with Crippen molar-refractivity contribution in [2.45, 2.75) is 5.54 Å². The number of aromatic hydroxyl groups is 1. The molecule has 0 spiro atoms. The predicted molar refractivity (Wildman–Crippen MR) is 111 cm³/mol. The highest BCUT2D eigenvalue weighted by molar-refractivity contribution is 5.60. The van der Waals surface area contributed by atoms with E-state index in [4.69, 9.17) is 0 Å². The van der Waals surface area contributed by atoms with Gasteiger partial charge in [0.2, 0.25) is 0 Å². The van der Waals surface area contributed by atoms with Crippen molar-refractivity contribution in [1.29, 1.82) is 0 Å². The Labute approximate surface area is 159 Å². The topological polar surface area (TPSA) is 32.3 Å². The van der Waals surface area contributed by atoms with Gasteiger partial charge in [0.05, 0.1) is 0 Å². The monoisotopic (exact) mass is 351 g/mol. The number of rotatable bonds is 5. The fraction of sp³-hybridized carbons (Fsp3) is 0.0400. The molecule has 0 heterocycles. The van der Waals surface area contributed by atoms with E-state index in [9.17, 15) is 5.11 Å². The molecule has 2 heteroatoms. The molecule has 0 atom stereocenters. The summed E-state index contributed by atoms with van der Waals surface area (Å²) < 4.78 is 0. The molecule has 0 radical (unpaired) electrons. The lowest BCUT2D eigenvalue weighted by atomic mass is 9.77. The van der Waals surface area contributed by atoms with Gasteiger partial charge in [0.25, 0.3) is 0 Å². The van der Waals surface area contributed by atoms with E-state index < -0.39 is 5.54 Å². The second kappa shape index (κ2) is 7.38. The van der Waals surface area contributed by atoms with Gasteiger partial charge in [0.15, 0.2) is 0 Å². The summed E-state index contributed by atoms with van der Waals surface area (Å²) in [7, 11) is 0. The Hall–Kier alpha value is -3.52. The maximum absolute atomic E-state index is 9.68. The molecule has 0 fully saturated rings. The van der Waals surface area contributed by atoms with Crippen molar-refractivity contribution in [3.63, 3.8) is 0 Å². The molecular weight excluding hydrogens is 330 g/mol. The molecule has 2 nitrogen and oxygen atoms in total. The van der Waals surface area contributed by atoms with Gasteiger partial charge in [0, 0.05) is 5.69 Å². The van der Waals surface area contributed by atoms with Gasteiger partial charge in [-0.1, -0.05) is 91.0 Å². The average molecular weight is 351 g/mol. The maximum atomic E-state index is 9.68. The smallest absolute Gasteiger partial charge is 0.115 e. The first-order valence-corrected chi connectivity index (χ1v) is 9.03. The molecule has 4 aromatic carbocycles. The van der Waals surface area contributed by atoms with Crippen LogP contribution in [0.3, 0.4) is 0 Å². The van der Waals surface area contributed by atoms with E-state index >= 15 is 0 Å². The fourth-order valence-electron chi connectivity index (χ4n) is 3.54.